The molecule has 2 N–H and O–H groups in total. The predicted molar refractivity (Wildman–Crippen MR) is 99.3 cm³/mol. The molecule has 4 rings (SSSR count). The van der Waals surface area contributed by atoms with Crippen molar-refractivity contribution in [3.63, 3.8) is 0 Å². The molecule has 0 fully saturated rings. The van der Waals surface area contributed by atoms with Crippen LogP contribution in [0.3, 0.4) is 0 Å². The van der Waals surface area contributed by atoms with Crippen LogP contribution in [0.25, 0.3) is 16.9 Å². The lowest BCUT2D eigenvalue weighted by Crippen LogP contribution is -1.83. The van der Waals surface area contributed by atoms with Gasteiger partial charge in [-0.3, -0.25) is 4.40 Å². The van der Waals surface area contributed by atoms with Gasteiger partial charge in [-0.15, -0.1) is 10.2 Å². The first-order valence-electron chi connectivity index (χ1n) is 8.10. The maximum absolute atomic E-state index is 10.1. The molecule has 2 aromatic heterocycles. The Morgan fingerprint density at radius 1 is 0.846 bits per heavy atom. The lowest BCUT2D eigenvalue weighted by atomic mass is 10.1. The largest absolute Gasteiger partial charge is 0.506 e. The number of hydrogen-bond acceptors (Lipinski definition) is 5. The fourth-order valence-electron chi connectivity index (χ4n) is 2.69. The minimum atomic E-state index is 0.0461. The second-order valence-electron chi connectivity index (χ2n) is 5.93. The Bertz CT molecular complexity index is 1110. The van der Waals surface area contributed by atoms with Crippen LogP contribution < -0.4 is 0 Å². The van der Waals surface area contributed by atoms with Crippen molar-refractivity contribution in [2.24, 2.45) is 10.2 Å². The van der Waals surface area contributed by atoms with Crippen molar-refractivity contribution in [2.75, 3.05) is 0 Å². The molecule has 0 aliphatic rings. The van der Waals surface area contributed by atoms with E-state index in [0.717, 1.165) is 11.1 Å². The van der Waals surface area contributed by atoms with Crippen LogP contribution in [0.5, 0.6) is 11.5 Å². The van der Waals surface area contributed by atoms with Gasteiger partial charge in [0.05, 0.1) is 0 Å². The molecule has 0 amide bonds. The van der Waals surface area contributed by atoms with Gasteiger partial charge < -0.3 is 10.2 Å². The third-order valence-corrected chi connectivity index (χ3v) is 4.06. The molecule has 0 radical (unpaired) electrons. The number of hydrogen-bond donors (Lipinski definition) is 2. The quantitative estimate of drug-likeness (QED) is 0.505. The maximum Gasteiger partial charge on any atom is 0.187 e. The van der Waals surface area contributed by atoms with E-state index in [0.29, 0.717) is 22.8 Å². The number of imidazole rings is 1. The van der Waals surface area contributed by atoms with Gasteiger partial charge in [-0.1, -0.05) is 42.0 Å². The molecule has 0 aliphatic carbocycles. The van der Waals surface area contributed by atoms with Crippen LogP contribution in [0.2, 0.25) is 0 Å². The third kappa shape index (κ3) is 2.77. The van der Waals surface area contributed by atoms with Crippen LogP contribution in [0, 0.1) is 6.92 Å². The standard InChI is InChI=1S/C20H16N4O2/c1-13-8-10-14(11-9-13)18-20(23-22-15-5-2-3-6-16(15)25)24-12-4-7-17(26)19(24)21-18/h2-12,25-26H,1H3. The molecular weight excluding hydrogens is 328 g/mol. The molecule has 0 unspecified atom stereocenters. The summed E-state index contributed by atoms with van der Waals surface area (Å²) < 4.78 is 1.67. The van der Waals surface area contributed by atoms with E-state index in [4.69, 9.17) is 0 Å². The average molecular weight is 344 g/mol. The molecule has 128 valence electrons. The second kappa shape index (κ2) is 6.33. The first kappa shape index (κ1) is 15.8. The van der Waals surface area contributed by atoms with E-state index < -0.39 is 0 Å². The Morgan fingerprint density at radius 2 is 1.58 bits per heavy atom. The number of phenols is 1. The average Bonchev–Trinajstić information content (AvgIpc) is 3.02. The summed E-state index contributed by atoms with van der Waals surface area (Å²) in [4.78, 5) is 4.54. The summed E-state index contributed by atoms with van der Waals surface area (Å²) in [6, 6.07) is 17.9. The molecule has 0 saturated carbocycles. The maximum atomic E-state index is 10.1. The minimum Gasteiger partial charge on any atom is -0.506 e. The number of aromatic nitrogens is 2. The third-order valence-electron chi connectivity index (χ3n) is 4.06. The normalized spacial score (nSPS) is 11.4. The zero-order chi connectivity index (χ0) is 18.1. The van der Waals surface area contributed by atoms with Crippen molar-refractivity contribution >= 4 is 17.2 Å². The summed E-state index contributed by atoms with van der Waals surface area (Å²) >= 11 is 0. The summed E-state index contributed by atoms with van der Waals surface area (Å²) in [6.07, 6.45) is 1.76. The lowest BCUT2D eigenvalue weighted by molar-refractivity contribution is 0.476. The second-order valence-corrected chi connectivity index (χ2v) is 5.93. The van der Waals surface area contributed by atoms with Crippen molar-refractivity contribution < 1.29 is 10.2 Å². The summed E-state index contributed by atoms with van der Waals surface area (Å²) in [5, 5.41) is 28.5. The van der Waals surface area contributed by atoms with E-state index >= 15 is 0 Å². The monoisotopic (exact) mass is 344 g/mol. The van der Waals surface area contributed by atoms with E-state index in [9.17, 15) is 10.2 Å². The number of nitrogens with zero attached hydrogens (tertiary/aromatic N) is 4. The van der Waals surface area contributed by atoms with E-state index in [1.165, 1.54) is 0 Å². The highest BCUT2D eigenvalue weighted by Gasteiger charge is 2.16. The highest BCUT2D eigenvalue weighted by molar-refractivity contribution is 5.76. The molecule has 0 bridgehead atoms. The zero-order valence-electron chi connectivity index (χ0n) is 14.0. The lowest BCUT2D eigenvalue weighted by Gasteiger charge is -2.01. The number of aryl methyl sites for hydroxylation is 1. The van der Waals surface area contributed by atoms with Crippen LogP contribution in [0.1, 0.15) is 5.56 Å². The van der Waals surface area contributed by atoms with Crippen molar-refractivity contribution in [3.8, 4) is 22.8 Å². The molecule has 0 aliphatic heterocycles. The smallest absolute Gasteiger partial charge is 0.187 e. The molecule has 6 heteroatoms. The molecule has 26 heavy (non-hydrogen) atoms. The van der Waals surface area contributed by atoms with E-state index in [1.807, 2.05) is 31.2 Å². The summed E-state index contributed by atoms with van der Waals surface area (Å²) in [5.41, 5.74) is 3.36. The Balaban J connectivity index is 1.91. The molecule has 4 aromatic rings. The van der Waals surface area contributed by atoms with Crippen LogP contribution in [0.15, 0.2) is 77.1 Å². The van der Waals surface area contributed by atoms with Gasteiger partial charge in [0.1, 0.15) is 17.1 Å². The van der Waals surface area contributed by atoms with Gasteiger partial charge in [-0.2, -0.15) is 0 Å². The van der Waals surface area contributed by atoms with E-state index in [2.05, 4.69) is 15.2 Å². The fraction of sp³-hybridized carbons (Fsp3) is 0.0500. The first-order chi connectivity index (χ1) is 12.6. The Hall–Kier alpha value is -3.67. The van der Waals surface area contributed by atoms with Gasteiger partial charge in [0.15, 0.2) is 17.2 Å². The molecular formula is C20H16N4O2. The van der Waals surface area contributed by atoms with Gasteiger partial charge in [0, 0.05) is 11.8 Å². The SMILES string of the molecule is Cc1ccc(-c2nc3c(O)cccn3c2N=Nc2ccccc2O)cc1. The summed E-state index contributed by atoms with van der Waals surface area (Å²) in [7, 11) is 0. The van der Waals surface area contributed by atoms with Gasteiger partial charge in [-0.25, -0.2) is 4.98 Å². The van der Waals surface area contributed by atoms with Crippen LogP contribution in [0.4, 0.5) is 11.5 Å². The fourth-order valence-corrected chi connectivity index (χ4v) is 2.69. The van der Waals surface area contributed by atoms with Crippen LogP contribution in [-0.2, 0) is 0 Å². The number of aromatic hydroxyl groups is 2. The number of fused-ring (bicyclic) bond motifs is 1. The molecule has 2 heterocycles. The van der Waals surface area contributed by atoms with Gasteiger partial charge in [-0.05, 0) is 31.2 Å². The van der Waals surface area contributed by atoms with Gasteiger partial charge in [0.25, 0.3) is 0 Å². The Kier molecular flexibility index (Phi) is 3.85. The highest BCUT2D eigenvalue weighted by atomic mass is 16.3. The minimum absolute atomic E-state index is 0.0461. The Morgan fingerprint density at radius 3 is 2.35 bits per heavy atom. The van der Waals surface area contributed by atoms with Gasteiger partial charge >= 0.3 is 0 Å². The highest BCUT2D eigenvalue weighted by Crippen LogP contribution is 2.35. The molecule has 0 saturated heterocycles. The number of azo groups is 1. The van der Waals surface area contributed by atoms with Crippen LogP contribution in [-0.4, -0.2) is 19.6 Å². The predicted octanol–water partition coefficient (Wildman–Crippen LogP) is 5.14. The number of pyridine rings is 1. The van der Waals surface area contributed by atoms with Gasteiger partial charge in [0.2, 0.25) is 0 Å². The molecule has 6 nitrogen and oxygen atoms in total. The number of benzene rings is 2. The Labute approximate surface area is 149 Å². The summed E-state index contributed by atoms with van der Waals surface area (Å²) in [5.74, 6) is 0.581. The molecule has 0 spiro atoms. The van der Waals surface area contributed by atoms with Crippen molar-refractivity contribution in [1.29, 1.82) is 0 Å². The zero-order valence-corrected chi connectivity index (χ0v) is 14.0. The topological polar surface area (TPSA) is 82.5 Å². The number of phenolic OH excluding ortho intramolecular Hbond substituents is 1. The summed E-state index contributed by atoms with van der Waals surface area (Å²) in [6.45, 7) is 2.01. The van der Waals surface area contributed by atoms with Crippen molar-refractivity contribution in [2.45, 2.75) is 6.92 Å². The van der Waals surface area contributed by atoms with Crippen LogP contribution >= 0.6 is 0 Å². The molecule has 2 aromatic carbocycles. The number of rotatable bonds is 3. The van der Waals surface area contributed by atoms with E-state index in [-0.39, 0.29) is 11.5 Å². The van der Waals surface area contributed by atoms with Crippen molar-refractivity contribution in [3.05, 3.63) is 72.4 Å². The van der Waals surface area contributed by atoms with E-state index in [1.54, 1.807) is 47.0 Å². The number of para-hydroxylation sites is 1. The van der Waals surface area contributed by atoms with Crippen molar-refractivity contribution in [1.82, 2.24) is 9.38 Å². The molecule has 0 atom stereocenters. The first-order valence-corrected chi connectivity index (χ1v) is 8.10.